The van der Waals surface area contributed by atoms with Crippen molar-refractivity contribution in [2.45, 2.75) is 13.5 Å². The summed E-state index contributed by atoms with van der Waals surface area (Å²) in [6.07, 6.45) is 0. The first-order valence-corrected chi connectivity index (χ1v) is 5.27. The van der Waals surface area contributed by atoms with Gasteiger partial charge < -0.3 is 5.32 Å². The van der Waals surface area contributed by atoms with Crippen molar-refractivity contribution in [3.05, 3.63) is 41.1 Å². The molecule has 0 aliphatic heterocycles. The predicted molar refractivity (Wildman–Crippen MR) is 61.4 cm³/mol. The van der Waals surface area contributed by atoms with E-state index in [-0.39, 0.29) is 0 Å². The number of aromatic nitrogens is 2. The van der Waals surface area contributed by atoms with Crippen molar-refractivity contribution < 1.29 is 8.78 Å². The third kappa shape index (κ3) is 2.19. The van der Waals surface area contributed by atoms with Gasteiger partial charge >= 0.3 is 0 Å². The van der Waals surface area contributed by atoms with Gasteiger partial charge in [0.2, 0.25) is 0 Å². The Kier molecular flexibility index (Phi) is 3.19. The second-order valence-electron chi connectivity index (χ2n) is 3.83. The van der Waals surface area contributed by atoms with Crippen molar-refractivity contribution in [2.24, 2.45) is 0 Å². The molecule has 0 saturated heterocycles. The van der Waals surface area contributed by atoms with Gasteiger partial charge in [0.15, 0.2) is 11.6 Å². The van der Waals surface area contributed by atoms with Crippen LogP contribution in [0.3, 0.4) is 0 Å². The molecule has 0 aliphatic carbocycles. The average molecular weight is 237 g/mol. The van der Waals surface area contributed by atoms with Crippen molar-refractivity contribution in [3.8, 4) is 11.3 Å². The molecular formula is C12H13F2N3. The number of halogens is 2. The van der Waals surface area contributed by atoms with E-state index in [1.54, 1.807) is 0 Å². The van der Waals surface area contributed by atoms with Gasteiger partial charge in [-0.3, -0.25) is 5.10 Å². The number of hydrogen-bond donors (Lipinski definition) is 2. The van der Waals surface area contributed by atoms with E-state index in [0.29, 0.717) is 17.8 Å². The lowest BCUT2D eigenvalue weighted by atomic mass is 10.1. The molecule has 2 aromatic rings. The lowest BCUT2D eigenvalue weighted by molar-refractivity contribution is 0.509. The lowest BCUT2D eigenvalue weighted by Crippen LogP contribution is -2.06. The first-order chi connectivity index (χ1) is 8.13. The van der Waals surface area contributed by atoms with Crippen LogP contribution in [0, 0.1) is 18.6 Å². The maximum Gasteiger partial charge on any atom is 0.159 e. The first-order valence-electron chi connectivity index (χ1n) is 5.27. The molecule has 0 saturated carbocycles. The monoisotopic (exact) mass is 237 g/mol. The molecule has 0 aliphatic rings. The number of benzene rings is 1. The van der Waals surface area contributed by atoms with Crippen LogP contribution in [0.4, 0.5) is 8.78 Å². The summed E-state index contributed by atoms with van der Waals surface area (Å²) < 4.78 is 26.0. The molecule has 0 bridgehead atoms. The van der Waals surface area contributed by atoms with Gasteiger partial charge in [0.25, 0.3) is 0 Å². The van der Waals surface area contributed by atoms with E-state index in [9.17, 15) is 8.78 Å². The minimum atomic E-state index is -0.861. The highest BCUT2D eigenvalue weighted by molar-refractivity contribution is 5.63. The lowest BCUT2D eigenvalue weighted by Gasteiger charge is -2.01. The van der Waals surface area contributed by atoms with Crippen LogP contribution in [0.5, 0.6) is 0 Å². The molecular weight excluding hydrogens is 224 g/mol. The molecule has 90 valence electrons. The zero-order valence-electron chi connectivity index (χ0n) is 9.64. The van der Waals surface area contributed by atoms with Gasteiger partial charge in [-0.05, 0) is 37.7 Å². The summed E-state index contributed by atoms with van der Waals surface area (Å²) in [5.74, 6) is -1.71. The second kappa shape index (κ2) is 4.63. The van der Waals surface area contributed by atoms with Gasteiger partial charge in [-0.25, -0.2) is 8.78 Å². The van der Waals surface area contributed by atoms with Crippen LogP contribution in [0.2, 0.25) is 0 Å². The topological polar surface area (TPSA) is 40.7 Å². The molecule has 0 atom stereocenters. The molecule has 5 heteroatoms. The number of nitrogens with zero attached hydrogens (tertiary/aromatic N) is 1. The summed E-state index contributed by atoms with van der Waals surface area (Å²) in [5, 5.41) is 10.0. The highest BCUT2D eigenvalue weighted by Gasteiger charge is 2.12. The van der Waals surface area contributed by atoms with E-state index >= 15 is 0 Å². The zero-order valence-corrected chi connectivity index (χ0v) is 9.64. The first kappa shape index (κ1) is 11.7. The molecule has 0 unspecified atom stereocenters. The Balaban J connectivity index is 2.42. The number of nitrogens with one attached hydrogen (secondary N) is 2. The van der Waals surface area contributed by atoms with Crippen LogP contribution >= 0.6 is 0 Å². The summed E-state index contributed by atoms with van der Waals surface area (Å²) in [7, 11) is 1.83. The smallest absolute Gasteiger partial charge is 0.159 e. The minimum Gasteiger partial charge on any atom is -0.314 e. The maximum atomic E-state index is 13.1. The largest absolute Gasteiger partial charge is 0.314 e. The fraction of sp³-hybridized carbons (Fsp3) is 0.250. The maximum absolute atomic E-state index is 13.1. The molecule has 1 aromatic heterocycles. The molecule has 0 radical (unpaired) electrons. The average Bonchev–Trinajstić information content (AvgIpc) is 2.66. The molecule has 2 N–H and O–H groups in total. The van der Waals surface area contributed by atoms with Gasteiger partial charge in [0, 0.05) is 12.1 Å². The number of hydrogen-bond acceptors (Lipinski definition) is 2. The summed E-state index contributed by atoms with van der Waals surface area (Å²) in [4.78, 5) is 0. The van der Waals surface area contributed by atoms with E-state index in [0.717, 1.165) is 23.4 Å². The van der Waals surface area contributed by atoms with Crippen molar-refractivity contribution in [3.63, 3.8) is 0 Å². The molecule has 2 rings (SSSR count). The van der Waals surface area contributed by atoms with Gasteiger partial charge in [0.1, 0.15) is 0 Å². The summed E-state index contributed by atoms with van der Waals surface area (Å²) in [5.41, 5.74) is 3.09. The van der Waals surface area contributed by atoms with E-state index in [2.05, 4.69) is 15.5 Å². The van der Waals surface area contributed by atoms with Crippen molar-refractivity contribution in [1.82, 2.24) is 15.5 Å². The summed E-state index contributed by atoms with van der Waals surface area (Å²) in [6, 6.07) is 3.78. The highest BCUT2D eigenvalue weighted by atomic mass is 19.2. The highest BCUT2D eigenvalue weighted by Crippen LogP contribution is 2.24. The molecule has 0 fully saturated rings. The molecule has 1 aromatic carbocycles. The van der Waals surface area contributed by atoms with Gasteiger partial charge in [0.05, 0.1) is 11.4 Å². The zero-order chi connectivity index (χ0) is 12.4. The quantitative estimate of drug-likeness (QED) is 0.860. The van der Waals surface area contributed by atoms with Crippen molar-refractivity contribution in [2.75, 3.05) is 7.05 Å². The predicted octanol–water partition coefficient (Wildman–Crippen LogP) is 2.38. The third-order valence-corrected chi connectivity index (χ3v) is 2.66. The Morgan fingerprint density at radius 3 is 2.71 bits per heavy atom. The SMILES string of the molecule is CNCc1[nH]nc(-c2ccc(F)c(F)c2)c1C. The summed E-state index contributed by atoms with van der Waals surface area (Å²) in [6.45, 7) is 2.55. The number of aromatic amines is 1. The Morgan fingerprint density at radius 1 is 1.29 bits per heavy atom. The van der Waals surface area contributed by atoms with Crippen LogP contribution in [-0.4, -0.2) is 17.2 Å². The molecule has 1 heterocycles. The Bertz CT molecular complexity index is 535. The Hall–Kier alpha value is -1.75. The fourth-order valence-electron chi connectivity index (χ4n) is 1.71. The van der Waals surface area contributed by atoms with E-state index in [1.165, 1.54) is 6.07 Å². The third-order valence-electron chi connectivity index (χ3n) is 2.66. The second-order valence-corrected chi connectivity index (χ2v) is 3.83. The van der Waals surface area contributed by atoms with E-state index in [4.69, 9.17) is 0 Å². The van der Waals surface area contributed by atoms with Crippen LogP contribution in [-0.2, 0) is 6.54 Å². The van der Waals surface area contributed by atoms with Crippen LogP contribution < -0.4 is 5.32 Å². The van der Waals surface area contributed by atoms with Gasteiger partial charge in [-0.1, -0.05) is 0 Å². The van der Waals surface area contributed by atoms with Crippen LogP contribution in [0.15, 0.2) is 18.2 Å². The Labute approximate surface area is 97.9 Å². The number of H-pyrrole nitrogens is 1. The molecule has 0 amide bonds. The molecule has 0 spiro atoms. The van der Waals surface area contributed by atoms with Gasteiger partial charge in [-0.2, -0.15) is 5.10 Å². The van der Waals surface area contributed by atoms with Crippen LogP contribution in [0.1, 0.15) is 11.3 Å². The normalized spacial score (nSPS) is 10.8. The van der Waals surface area contributed by atoms with Gasteiger partial charge in [-0.15, -0.1) is 0 Å². The minimum absolute atomic E-state index is 0.569. The van der Waals surface area contributed by atoms with E-state index < -0.39 is 11.6 Å². The molecule has 17 heavy (non-hydrogen) atoms. The van der Waals surface area contributed by atoms with E-state index in [1.807, 2.05) is 14.0 Å². The molecule has 3 nitrogen and oxygen atoms in total. The Morgan fingerprint density at radius 2 is 2.06 bits per heavy atom. The fourth-order valence-corrected chi connectivity index (χ4v) is 1.71. The van der Waals surface area contributed by atoms with Crippen molar-refractivity contribution in [1.29, 1.82) is 0 Å². The van der Waals surface area contributed by atoms with Crippen molar-refractivity contribution >= 4 is 0 Å². The number of rotatable bonds is 3. The standard InChI is InChI=1S/C12H13F2N3/c1-7-11(6-15-2)16-17-12(7)8-3-4-9(13)10(14)5-8/h3-5,15H,6H2,1-2H3,(H,16,17). The summed E-state index contributed by atoms with van der Waals surface area (Å²) >= 11 is 0. The van der Waals surface area contributed by atoms with Crippen LogP contribution in [0.25, 0.3) is 11.3 Å².